The molecule has 0 bridgehead atoms. The van der Waals surface area contributed by atoms with Crippen molar-refractivity contribution in [3.05, 3.63) is 96.6 Å². The average molecular weight is 364 g/mol. The molecule has 0 spiro atoms. The van der Waals surface area contributed by atoms with Gasteiger partial charge in [0.05, 0.1) is 0 Å². The van der Waals surface area contributed by atoms with Gasteiger partial charge in [0.1, 0.15) is 0 Å². The molecule has 3 aromatic carbocycles. The van der Waals surface area contributed by atoms with Crippen LogP contribution in [0.1, 0.15) is 5.56 Å². The van der Waals surface area contributed by atoms with E-state index in [4.69, 9.17) is 0 Å². The molecule has 20 heavy (non-hydrogen) atoms. The molecular formula is C19H17Sn+. The normalized spacial score (nSPS) is 10.2. The van der Waals surface area contributed by atoms with Gasteiger partial charge in [-0.3, -0.25) is 0 Å². The van der Waals surface area contributed by atoms with Crippen LogP contribution in [0.4, 0.5) is 0 Å². The van der Waals surface area contributed by atoms with Crippen LogP contribution in [0.15, 0.2) is 91.0 Å². The third-order valence-corrected chi connectivity index (χ3v) is 11.5. The van der Waals surface area contributed by atoms with Gasteiger partial charge >= 0.3 is 128 Å². The first-order chi connectivity index (χ1) is 9.93. The van der Waals surface area contributed by atoms with Crippen LogP contribution in [0.5, 0.6) is 0 Å². The van der Waals surface area contributed by atoms with Crippen LogP contribution in [-0.4, -0.2) is 19.8 Å². The van der Waals surface area contributed by atoms with Gasteiger partial charge in [-0.2, -0.15) is 0 Å². The summed E-state index contributed by atoms with van der Waals surface area (Å²) >= 11 is -1.84. The zero-order valence-electron chi connectivity index (χ0n) is 11.4. The van der Waals surface area contributed by atoms with Gasteiger partial charge in [0.2, 0.25) is 0 Å². The maximum absolute atomic E-state index is 2.31. The van der Waals surface area contributed by atoms with Gasteiger partial charge in [0.15, 0.2) is 0 Å². The Bertz CT molecular complexity index is 593. The zero-order chi connectivity index (χ0) is 13.6. The van der Waals surface area contributed by atoms with Crippen LogP contribution in [0.25, 0.3) is 0 Å². The van der Waals surface area contributed by atoms with Crippen molar-refractivity contribution in [3.8, 4) is 0 Å². The summed E-state index contributed by atoms with van der Waals surface area (Å²) in [5, 5.41) is 0. The van der Waals surface area contributed by atoms with Crippen molar-refractivity contribution < 1.29 is 0 Å². The van der Waals surface area contributed by atoms with Crippen molar-refractivity contribution in [3.63, 3.8) is 0 Å². The van der Waals surface area contributed by atoms with Crippen LogP contribution in [0.3, 0.4) is 0 Å². The molecule has 0 N–H and O–H groups in total. The van der Waals surface area contributed by atoms with Crippen molar-refractivity contribution in [2.45, 2.75) is 4.44 Å². The van der Waals surface area contributed by atoms with Gasteiger partial charge in [0, 0.05) is 0 Å². The Morgan fingerprint density at radius 3 is 1.35 bits per heavy atom. The van der Waals surface area contributed by atoms with Crippen molar-refractivity contribution in [2.24, 2.45) is 0 Å². The molecule has 96 valence electrons. The van der Waals surface area contributed by atoms with E-state index in [-0.39, 0.29) is 0 Å². The third kappa shape index (κ3) is 3.31. The van der Waals surface area contributed by atoms with Crippen molar-refractivity contribution in [1.29, 1.82) is 0 Å². The Labute approximate surface area is 127 Å². The molecule has 0 unspecified atom stereocenters. The first-order valence-corrected chi connectivity index (χ1v) is 11.8. The Balaban J connectivity index is 1.96. The first kappa shape index (κ1) is 13.4. The van der Waals surface area contributed by atoms with E-state index in [1.807, 2.05) is 0 Å². The molecule has 0 saturated carbocycles. The fourth-order valence-corrected chi connectivity index (χ4v) is 9.80. The summed E-state index contributed by atoms with van der Waals surface area (Å²) in [6.45, 7) is 0. The van der Waals surface area contributed by atoms with Gasteiger partial charge in [-0.05, 0) is 0 Å². The van der Waals surface area contributed by atoms with Crippen LogP contribution >= 0.6 is 0 Å². The van der Waals surface area contributed by atoms with Crippen LogP contribution in [0, 0.1) is 0 Å². The van der Waals surface area contributed by atoms with E-state index in [1.54, 1.807) is 7.16 Å². The van der Waals surface area contributed by atoms with E-state index in [1.165, 1.54) is 10.0 Å². The fraction of sp³-hybridized carbons (Fsp3) is 0.0526. The molecule has 0 atom stereocenters. The predicted octanol–water partition coefficient (Wildman–Crippen LogP) is 3.08. The topological polar surface area (TPSA) is 0 Å². The van der Waals surface area contributed by atoms with E-state index in [0.29, 0.717) is 0 Å². The molecule has 0 aliphatic rings. The number of hydrogen-bond acceptors (Lipinski definition) is 0. The predicted molar refractivity (Wildman–Crippen MR) is 88.1 cm³/mol. The maximum atomic E-state index is 2.31. The van der Waals surface area contributed by atoms with Crippen LogP contribution in [-0.2, 0) is 4.44 Å². The quantitative estimate of drug-likeness (QED) is 0.625. The Morgan fingerprint density at radius 2 is 0.900 bits per heavy atom. The summed E-state index contributed by atoms with van der Waals surface area (Å²) in [4.78, 5) is 0. The van der Waals surface area contributed by atoms with Crippen LogP contribution in [0.2, 0.25) is 0 Å². The van der Waals surface area contributed by atoms with E-state index < -0.39 is 19.8 Å². The Hall–Kier alpha value is -1.54. The number of rotatable bonds is 4. The molecule has 0 radical (unpaired) electrons. The molecule has 0 aromatic heterocycles. The number of hydrogen-bond donors (Lipinski definition) is 0. The van der Waals surface area contributed by atoms with Gasteiger partial charge in [-0.25, -0.2) is 0 Å². The average Bonchev–Trinajstić information content (AvgIpc) is 2.55. The Kier molecular flexibility index (Phi) is 4.54. The molecular weight excluding hydrogens is 347 g/mol. The zero-order valence-corrected chi connectivity index (χ0v) is 14.2. The van der Waals surface area contributed by atoms with Crippen LogP contribution < -0.4 is 7.16 Å². The molecule has 0 fully saturated rings. The van der Waals surface area contributed by atoms with Crippen molar-refractivity contribution >= 4 is 26.9 Å². The van der Waals surface area contributed by atoms with E-state index in [0.717, 1.165) is 0 Å². The third-order valence-electron chi connectivity index (χ3n) is 3.47. The molecule has 0 amide bonds. The minimum absolute atomic E-state index is 1.23. The summed E-state index contributed by atoms with van der Waals surface area (Å²) < 4.78 is 4.38. The standard InChI is InChI=1S/C7H7.2C6H5.Sn/c1-7-5-3-2-4-6-7;2*1-2-4-6-5-3-1;/h2-6H,1H2;2*1-5H;/q;;;+1. The van der Waals surface area contributed by atoms with E-state index in [2.05, 4.69) is 91.0 Å². The molecule has 0 aliphatic carbocycles. The van der Waals surface area contributed by atoms with Gasteiger partial charge in [-0.1, -0.05) is 0 Å². The molecule has 3 rings (SSSR count). The number of benzene rings is 3. The summed E-state index contributed by atoms with van der Waals surface area (Å²) in [5.74, 6) is 0. The molecule has 0 heterocycles. The van der Waals surface area contributed by atoms with Gasteiger partial charge < -0.3 is 0 Å². The summed E-state index contributed by atoms with van der Waals surface area (Å²) in [6.07, 6.45) is 0. The molecule has 1 heteroatoms. The Morgan fingerprint density at radius 1 is 0.500 bits per heavy atom. The molecule has 0 saturated heterocycles. The van der Waals surface area contributed by atoms with E-state index >= 15 is 0 Å². The monoisotopic (exact) mass is 365 g/mol. The van der Waals surface area contributed by atoms with Gasteiger partial charge in [-0.15, -0.1) is 0 Å². The minimum atomic E-state index is -1.84. The van der Waals surface area contributed by atoms with E-state index in [9.17, 15) is 0 Å². The molecule has 0 nitrogen and oxygen atoms in total. The second-order valence-corrected chi connectivity index (χ2v) is 11.9. The second-order valence-electron chi connectivity index (χ2n) is 4.87. The molecule has 3 aromatic rings. The van der Waals surface area contributed by atoms with Gasteiger partial charge in [0.25, 0.3) is 0 Å². The van der Waals surface area contributed by atoms with Crippen molar-refractivity contribution in [1.82, 2.24) is 0 Å². The second kappa shape index (κ2) is 6.76. The molecule has 0 aliphatic heterocycles. The van der Waals surface area contributed by atoms with Crippen molar-refractivity contribution in [2.75, 3.05) is 0 Å². The summed E-state index contributed by atoms with van der Waals surface area (Å²) in [6, 6.07) is 33.0. The first-order valence-electron chi connectivity index (χ1n) is 6.94. The fourth-order valence-electron chi connectivity index (χ4n) is 2.45. The summed E-state index contributed by atoms with van der Waals surface area (Å²) in [7, 11) is 0. The SMILES string of the molecule is c1ccc([CH2][Sn+]([c]2ccccc2)[c]2ccccc2)cc1. The summed E-state index contributed by atoms with van der Waals surface area (Å²) in [5.41, 5.74) is 1.47.